The van der Waals surface area contributed by atoms with Crippen LogP contribution in [0.25, 0.3) is 0 Å². The number of hydrogen-bond donors (Lipinski definition) is 1. The van der Waals surface area contributed by atoms with E-state index in [4.69, 9.17) is 4.74 Å². The number of benzene rings is 1. The van der Waals surface area contributed by atoms with Gasteiger partial charge in [-0.3, -0.25) is 0 Å². The topological polar surface area (TPSA) is 52.0 Å². The summed E-state index contributed by atoms with van der Waals surface area (Å²) in [6.45, 7) is 2.67. The first-order chi connectivity index (χ1) is 10.4. The van der Waals surface area contributed by atoms with Crippen molar-refractivity contribution in [1.29, 1.82) is 0 Å². The third kappa shape index (κ3) is 2.53. The molecule has 110 valence electrons. The lowest BCUT2D eigenvalue weighted by Crippen LogP contribution is -2.30. The lowest BCUT2D eigenvalue weighted by Gasteiger charge is -2.16. The SMILES string of the molecule is c1ccc2c(c1)CC(CNCc1nnc3n1CCCC3)O2. The van der Waals surface area contributed by atoms with Crippen LogP contribution in [0, 0.1) is 0 Å². The summed E-state index contributed by atoms with van der Waals surface area (Å²) in [5.41, 5.74) is 1.31. The van der Waals surface area contributed by atoms with E-state index in [1.54, 1.807) is 0 Å². The second kappa shape index (κ2) is 5.48. The first-order valence-corrected chi connectivity index (χ1v) is 7.76. The van der Waals surface area contributed by atoms with Gasteiger partial charge in [-0.15, -0.1) is 10.2 Å². The fraction of sp³-hybridized carbons (Fsp3) is 0.500. The second-order valence-electron chi connectivity index (χ2n) is 5.82. The molecule has 0 aliphatic carbocycles. The molecule has 2 aliphatic heterocycles. The van der Waals surface area contributed by atoms with Gasteiger partial charge in [0.05, 0.1) is 6.54 Å². The monoisotopic (exact) mass is 284 g/mol. The van der Waals surface area contributed by atoms with Gasteiger partial charge in [-0.1, -0.05) is 18.2 Å². The molecule has 2 aliphatic rings. The fourth-order valence-corrected chi connectivity index (χ4v) is 3.21. The van der Waals surface area contributed by atoms with Crippen molar-refractivity contribution < 1.29 is 4.74 Å². The molecule has 5 heteroatoms. The van der Waals surface area contributed by atoms with E-state index in [1.807, 2.05) is 12.1 Å². The molecule has 1 aromatic carbocycles. The predicted octanol–water partition coefficient (Wildman–Crippen LogP) is 1.71. The molecule has 3 heterocycles. The third-order valence-electron chi connectivity index (χ3n) is 4.31. The van der Waals surface area contributed by atoms with Gasteiger partial charge in [0.15, 0.2) is 0 Å². The van der Waals surface area contributed by atoms with E-state index in [2.05, 4.69) is 32.2 Å². The maximum Gasteiger partial charge on any atom is 0.147 e. The molecule has 4 rings (SSSR count). The van der Waals surface area contributed by atoms with Gasteiger partial charge in [0.1, 0.15) is 23.5 Å². The van der Waals surface area contributed by atoms with Crippen LogP contribution in [0.3, 0.4) is 0 Å². The van der Waals surface area contributed by atoms with Crippen molar-refractivity contribution in [2.24, 2.45) is 0 Å². The van der Waals surface area contributed by atoms with Crippen LogP contribution in [0.15, 0.2) is 24.3 Å². The summed E-state index contributed by atoms with van der Waals surface area (Å²) in [7, 11) is 0. The molecular formula is C16H20N4O. The Balaban J connectivity index is 1.32. The van der Waals surface area contributed by atoms with Crippen LogP contribution in [0.4, 0.5) is 0 Å². The Morgan fingerprint density at radius 3 is 3.14 bits per heavy atom. The average Bonchev–Trinajstić information content (AvgIpc) is 3.11. The Labute approximate surface area is 124 Å². The van der Waals surface area contributed by atoms with Gasteiger partial charge in [-0.05, 0) is 24.5 Å². The quantitative estimate of drug-likeness (QED) is 0.928. The minimum absolute atomic E-state index is 0.228. The number of nitrogens with zero attached hydrogens (tertiary/aromatic N) is 3. The van der Waals surface area contributed by atoms with E-state index in [-0.39, 0.29) is 6.10 Å². The van der Waals surface area contributed by atoms with E-state index >= 15 is 0 Å². The molecule has 5 nitrogen and oxygen atoms in total. The number of fused-ring (bicyclic) bond motifs is 2. The zero-order chi connectivity index (χ0) is 14.1. The van der Waals surface area contributed by atoms with Crippen LogP contribution >= 0.6 is 0 Å². The molecule has 0 amide bonds. The van der Waals surface area contributed by atoms with Gasteiger partial charge in [-0.2, -0.15) is 0 Å². The molecule has 0 saturated heterocycles. The molecule has 0 saturated carbocycles. The highest BCUT2D eigenvalue weighted by Gasteiger charge is 2.22. The summed E-state index contributed by atoms with van der Waals surface area (Å²) in [6, 6.07) is 8.28. The Morgan fingerprint density at radius 2 is 2.19 bits per heavy atom. The van der Waals surface area contributed by atoms with Crippen molar-refractivity contribution in [1.82, 2.24) is 20.1 Å². The number of hydrogen-bond acceptors (Lipinski definition) is 4. The molecule has 1 N–H and O–H groups in total. The number of aryl methyl sites for hydroxylation is 1. The first kappa shape index (κ1) is 12.8. The van der Waals surface area contributed by atoms with Gasteiger partial charge in [0, 0.05) is 25.9 Å². The van der Waals surface area contributed by atoms with E-state index in [1.165, 1.54) is 18.4 Å². The molecule has 21 heavy (non-hydrogen) atoms. The van der Waals surface area contributed by atoms with E-state index in [0.29, 0.717) is 0 Å². The zero-order valence-electron chi connectivity index (χ0n) is 12.1. The minimum atomic E-state index is 0.228. The number of ether oxygens (including phenoxy) is 1. The van der Waals surface area contributed by atoms with Gasteiger partial charge in [-0.25, -0.2) is 0 Å². The lowest BCUT2D eigenvalue weighted by molar-refractivity contribution is 0.226. The van der Waals surface area contributed by atoms with E-state index < -0.39 is 0 Å². The maximum absolute atomic E-state index is 5.93. The Morgan fingerprint density at radius 1 is 1.24 bits per heavy atom. The average molecular weight is 284 g/mol. The van der Waals surface area contributed by atoms with Crippen LogP contribution in [0.5, 0.6) is 5.75 Å². The van der Waals surface area contributed by atoms with Crippen LogP contribution in [0.1, 0.15) is 30.1 Å². The molecule has 1 atom stereocenters. The van der Waals surface area contributed by atoms with Crippen molar-refractivity contribution in [3.8, 4) is 5.75 Å². The number of aromatic nitrogens is 3. The zero-order valence-corrected chi connectivity index (χ0v) is 12.1. The fourth-order valence-electron chi connectivity index (χ4n) is 3.21. The van der Waals surface area contributed by atoms with Crippen molar-refractivity contribution in [3.05, 3.63) is 41.5 Å². The predicted molar refractivity (Wildman–Crippen MR) is 79.2 cm³/mol. The largest absolute Gasteiger partial charge is 0.488 e. The van der Waals surface area contributed by atoms with Crippen molar-refractivity contribution in [2.45, 2.75) is 44.9 Å². The lowest BCUT2D eigenvalue weighted by atomic mass is 10.1. The number of para-hydroxylation sites is 1. The number of rotatable bonds is 4. The maximum atomic E-state index is 5.93. The van der Waals surface area contributed by atoms with E-state index in [0.717, 1.165) is 49.9 Å². The summed E-state index contributed by atoms with van der Waals surface area (Å²) < 4.78 is 8.20. The van der Waals surface area contributed by atoms with Crippen LogP contribution in [0.2, 0.25) is 0 Å². The summed E-state index contributed by atoms with van der Waals surface area (Å²) in [4.78, 5) is 0. The Bertz CT molecular complexity index is 612. The van der Waals surface area contributed by atoms with E-state index in [9.17, 15) is 0 Å². The third-order valence-corrected chi connectivity index (χ3v) is 4.31. The molecule has 2 aromatic rings. The standard InChI is InChI=1S/C16H20N4O/c1-2-6-14-12(5-1)9-13(21-14)10-17-11-16-19-18-15-7-3-4-8-20(15)16/h1-2,5-6,13,17H,3-4,7-11H2. The molecule has 0 fully saturated rings. The minimum Gasteiger partial charge on any atom is -0.488 e. The summed E-state index contributed by atoms with van der Waals surface area (Å²) in [5, 5.41) is 12.1. The van der Waals surface area contributed by atoms with Gasteiger partial charge in [0.2, 0.25) is 0 Å². The highest BCUT2D eigenvalue weighted by molar-refractivity contribution is 5.37. The van der Waals surface area contributed by atoms with Crippen molar-refractivity contribution in [2.75, 3.05) is 6.54 Å². The van der Waals surface area contributed by atoms with Gasteiger partial charge < -0.3 is 14.6 Å². The summed E-state index contributed by atoms with van der Waals surface area (Å²) >= 11 is 0. The second-order valence-corrected chi connectivity index (χ2v) is 5.82. The Hall–Kier alpha value is -1.88. The summed E-state index contributed by atoms with van der Waals surface area (Å²) in [5.74, 6) is 3.23. The highest BCUT2D eigenvalue weighted by atomic mass is 16.5. The molecule has 0 bridgehead atoms. The van der Waals surface area contributed by atoms with Crippen molar-refractivity contribution >= 4 is 0 Å². The molecular weight excluding hydrogens is 264 g/mol. The molecule has 1 aromatic heterocycles. The van der Waals surface area contributed by atoms with Gasteiger partial charge >= 0.3 is 0 Å². The Kier molecular flexibility index (Phi) is 3.35. The van der Waals surface area contributed by atoms with Crippen LogP contribution in [-0.4, -0.2) is 27.4 Å². The van der Waals surface area contributed by atoms with Crippen LogP contribution in [-0.2, 0) is 25.9 Å². The summed E-state index contributed by atoms with van der Waals surface area (Å²) in [6.07, 6.45) is 4.75. The molecule has 0 spiro atoms. The first-order valence-electron chi connectivity index (χ1n) is 7.76. The highest BCUT2D eigenvalue weighted by Crippen LogP contribution is 2.27. The normalized spacial score (nSPS) is 19.9. The molecule has 0 radical (unpaired) electrons. The van der Waals surface area contributed by atoms with Crippen molar-refractivity contribution in [3.63, 3.8) is 0 Å². The number of nitrogens with one attached hydrogen (secondary N) is 1. The van der Waals surface area contributed by atoms with Gasteiger partial charge in [0.25, 0.3) is 0 Å². The van der Waals surface area contributed by atoms with Crippen LogP contribution < -0.4 is 10.1 Å². The molecule has 1 unspecified atom stereocenters. The smallest absolute Gasteiger partial charge is 0.147 e.